The van der Waals surface area contributed by atoms with E-state index in [1.54, 1.807) is 24.3 Å². The molecule has 0 aromatic heterocycles. The zero-order valence-corrected chi connectivity index (χ0v) is 10.2. The molecule has 6 heteroatoms. The molecule has 1 amide bonds. The number of hydrogen-bond acceptors (Lipinski definition) is 4. The van der Waals surface area contributed by atoms with Gasteiger partial charge < -0.3 is 15.8 Å². The molecule has 0 heterocycles. The third-order valence-electron chi connectivity index (χ3n) is 2.08. The maximum atomic E-state index is 11.5. The molecule has 3 N–H and O–H groups in total. The number of amides is 1. The zero-order chi connectivity index (χ0) is 12.0. The molecular weight excluding hydrogens is 244 g/mol. The molecule has 0 spiro atoms. The number of methoxy groups -OCH3 is 1. The van der Waals surface area contributed by atoms with Crippen LogP contribution in [-0.4, -0.2) is 25.5 Å². The van der Waals surface area contributed by atoms with Crippen molar-refractivity contribution < 1.29 is 14.3 Å². The minimum atomic E-state index is -0.772. The summed E-state index contributed by atoms with van der Waals surface area (Å²) in [5, 5.41) is 2.39. The second-order valence-corrected chi connectivity index (χ2v) is 3.18. The van der Waals surface area contributed by atoms with Crippen LogP contribution in [0.5, 0.6) is 0 Å². The Hall–Kier alpha value is -1.59. The standard InChI is InChI=1S/C11H14N2O3.ClH/c1-16-9(14)7-13-11(15)10(12)8-5-3-2-4-6-8;/h2-6,10H,7,12H2,1H3,(H,13,15);1H. The lowest BCUT2D eigenvalue weighted by atomic mass is 10.1. The first-order chi connectivity index (χ1) is 7.65. The van der Waals surface area contributed by atoms with Crippen LogP contribution in [0.2, 0.25) is 0 Å². The Morgan fingerprint density at radius 2 is 1.94 bits per heavy atom. The highest BCUT2D eigenvalue weighted by molar-refractivity contribution is 5.86. The molecule has 94 valence electrons. The van der Waals surface area contributed by atoms with Gasteiger partial charge in [-0.1, -0.05) is 30.3 Å². The average molecular weight is 259 g/mol. The van der Waals surface area contributed by atoms with Gasteiger partial charge in [-0.2, -0.15) is 0 Å². The third kappa shape index (κ3) is 4.84. The van der Waals surface area contributed by atoms with Crippen LogP contribution in [0.15, 0.2) is 30.3 Å². The van der Waals surface area contributed by atoms with Gasteiger partial charge in [0.05, 0.1) is 7.11 Å². The van der Waals surface area contributed by atoms with Crippen molar-refractivity contribution in [1.82, 2.24) is 5.32 Å². The largest absolute Gasteiger partial charge is 0.468 e. The maximum Gasteiger partial charge on any atom is 0.325 e. The Morgan fingerprint density at radius 3 is 2.47 bits per heavy atom. The quantitative estimate of drug-likeness (QED) is 0.766. The van der Waals surface area contributed by atoms with E-state index in [0.29, 0.717) is 5.56 Å². The Morgan fingerprint density at radius 1 is 1.35 bits per heavy atom. The minimum absolute atomic E-state index is 0. The van der Waals surface area contributed by atoms with Crippen molar-refractivity contribution in [1.29, 1.82) is 0 Å². The van der Waals surface area contributed by atoms with E-state index >= 15 is 0 Å². The molecule has 0 bridgehead atoms. The van der Waals surface area contributed by atoms with E-state index in [1.807, 2.05) is 6.07 Å². The lowest BCUT2D eigenvalue weighted by Gasteiger charge is -2.11. The van der Waals surface area contributed by atoms with Crippen LogP contribution in [0.25, 0.3) is 0 Å². The Kier molecular flexibility index (Phi) is 6.93. The molecule has 1 unspecified atom stereocenters. The first kappa shape index (κ1) is 15.4. The van der Waals surface area contributed by atoms with Gasteiger partial charge in [0.25, 0.3) is 0 Å². The van der Waals surface area contributed by atoms with Gasteiger partial charge in [0.2, 0.25) is 5.91 Å². The normalized spacial score (nSPS) is 10.9. The van der Waals surface area contributed by atoms with E-state index in [1.165, 1.54) is 7.11 Å². The van der Waals surface area contributed by atoms with Gasteiger partial charge in [0.1, 0.15) is 12.6 Å². The van der Waals surface area contributed by atoms with Crippen molar-refractivity contribution in [3.8, 4) is 0 Å². The molecule has 17 heavy (non-hydrogen) atoms. The zero-order valence-electron chi connectivity index (χ0n) is 9.38. The number of rotatable bonds is 4. The molecule has 0 aliphatic heterocycles. The van der Waals surface area contributed by atoms with Crippen molar-refractivity contribution in [2.45, 2.75) is 6.04 Å². The first-order valence-electron chi connectivity index (χ1n) is 4.80. The van der Waals surface area contributed by atoms with Crippen molar-refractivity contribution in [3.63, 3.8) is 0 Å². The number of nitrogens with two attached hydrogens (primary N) is 1. The average Bonchev–Trinajstić information content (AvgIpc) is 2.35. The van der Waals surface area contributed by atoms with Gasteiger partial charge in [-0.05, 0) is 5.56 Å². The molecule has 0 saturated carbocycles. The first-order valence-corrected chi connectivity index (χ1v) is 4.80. The van der Waals surface area contributed by atoms with Crippen LogP contribution in [0.3, 0.4) is 0 Å². The molecule has 1 atom stereocenters. The molecule has 0 fully saturated rings. The molecule has 5 nitrogen and oxygen atoms in total. The van der Waals surface area contributed by atoms with Crippen molar-refractivity contribution in [3.05, 3.63) is 35.9 Å². The fourth-order valence-corrected chi connectivity index (χ4v) is 1.15. The summed E-state index contributed by atoms with van der Waals surface area (Å²) in [5.41, 5.74) is 6.40. The number of halogens is 1. The molecule has 0 radical (unpaired) electrons. The van der Waals surface area contributed by atoms with E-state index in [-0.39, 0.29) is 19.0 Å². The molecule has 1 aromatic rings. The number of nitrogens with one attached hydrogen (secondary N) is 1. The van der Waals surface area contributed by atoms with E-state index < -0.39 is 17.9 Å². The molecule has 0 aliphatic rings. The van der Waals surface area contributed by atoms with Crippen LogP contribution in [0.4, 0.5) is 0 Å². The van der Waals surface area contributed by atoms with Gasteiger partial charge in [-0.25, -0.2) is 0 Å². The lowest BCUT2D eigenvalue weighted by Crippen LogP contribution is -2.37. The van der Waals surface area contributed by atoms with Crippen LogP contribution >= 0.6 is 12.4 Å². The topological polar surface area (TPSA) is 81.4 Å². The van der Waals surface area contributed by atoms with Gasteiger partial charge in [-0.15, -0.1) is 12.4 Å². The second-order valence-electron chi connectivity index (χ2n) is 3.18. The van der Waals surface area contributed by atoms with Crippen molar-refractivity contribution in [2.75, 3.05) is 13.7 Å². The van der Waals surface area contributed by atoms with E-state index in [0.717, 1.165) is 0 Å². The summed E-state index contributed by atoms with van der Waals surface area (Å²) < 4.78 is 4.39. The fourth-order valence-electron chi connectivity index (χ4n) is 1.15. The summed E-state index contributed by atoms with van der Waals surface area (Å²) in [5.74, 6) is -0.912. The number of benzene rings is 1. The number of carbonyl (C=O) groups excluding carboxylic acids is 2. The molecular formula is C11H15ClN2O3. The van der Waals surface area contributed by atoms with E-state index in [4.69, 9.17) is 5.73 Å². The smallest absolute Gasteiger partial charge is 0.325 e. The fraction of sp³-hybridized carbons (Fsp3) is 0.273. The Labute approximate surface area is 106 Å². The van der Waals surface area contributed by atoms with Crippen LogP contribution < -0.4 is 11.1 Å². The molecule has 0 aliphatic carbocycles. The number of hydrogen-bond donors (Lipinski definition) is 2. The summed E-state index contributed by atoms with van der Waals surface area (Å²) in [7, 11) is 1.26. The highest BCUT2D eigenvalue weighted by Crippen LogP contribution is 2.08. The monoisotopic (exact) mass is 258 g/mol. The van der Waals surface area contributed by atoms with Gasteiger partial charge in [-0.3, -0.25) is 9.59 Å². The number of carbonyl (C=O) groups is 2. The third-order valence-corrected chi connectivity index (χ3v) is 2.08. The highest BCUT2D eigenvalue weighted by Gasteiger charge is 2.15. The molecule has 1 aromatic carbocycles. The summed E-state index contributed by atoms with van der Waals surface area (Å²) in [6, 6.07) is 8.16. The van der Waals surface area contributed by atoms with Gasteiger partial charge >= 0.3 is 5.97 Å². The van der Waals surface area contributed by atoms with Gasteiger partial charge in [0.15, 0.2) is 0 Å². The summed E-state index contributed by atoms with van der Waals surface area (Å²) in [6.45, 7) is -0.171. The van der Waals surface area contributed by atoms with E-state index in [9.17, 15) is 9.59 Å². The molecule has 1 rings (SSSR count). The van der Waals surface area contributed by atoms with Crippen molar-refractivity contribution in [2.24, 2.45) is 5.73 Å². The number of ether oxygens (including phenoxy) is 1. The Balaban J connectivity index is 0.00000256. The maximum absolute atomic E-state index is 11.5. The lowest BCUT2D eigenvalue weighted by molar-refractivity contribution is -0.141. The summed E-state index contributed by atoms with van der Waals surface area (Å²) in [4.78, 5) is 22.3. The molecule has 0 saturated heterocycles. The highest BCUT2D eigenvalue weighted by atomic mass is 35.5. The van der Waals surface area contributed by atoms with E-state index in [2.05, 4.69) is 10.1 Å². The summed E-state index contributed by atoms with van der Waals surface area (Å²) >= 11 is 0. The Bertz CT molecular complexity index is 370. The number of esters is 1. The second kappa shape index (κ2) is 7.65. The minimum Gasteiger partial charge on any atom is -0.468 e. The van der Waals surface area contributed by atoms with Crippen LogP contribution in [0, 0.1) is 0 Å². The summed E-state index contributed by atoms with van der Waals surface area (Å²) in [6.07, 6.45) is 0. The van der Waals surface area contributed by atoms with Crippen molar-refractivity contribution >= 4 is 24.3 Å². The predicted octanol–water partition coefficient (Wildman–Crippen LogP) is 0.397. The van der Waals surface area contributed by atoms with Crippen LogP contribution in [-0.2, 0) is 14.3 Å². The van der Waals surface area contributed by atoms with Crippen LogP contribution in [0.1, 0.15) is 11.6 Å². The van der Waals surface area contributed by atoms with Gasteiger partial charge in [0, 0.05) is 0 Å². The predicted molar refractivity (Wildman–Crippen MR) is 65.6 cm³/mol. The SMILES string of the molecule is COC(=O)CNC(=O)C(N)c1ccccc1.Cl.